The minimum absolute atomic E-state index is 0.0626. The molecule has 0 N–H and O–H groups in total. The number of carbonyl (C=O) groups is 2. The minimum Gasteiger partial charge on any atom is -0.489 e. The highest BCUT2D eigenvalue weighted by Gasteiger charge is 2.55. The van der Waals surface area contributed by atoms with E-state index in [9.17, 15) is 14.0 Å². The number of nitrogens with zero attached hydrogens (tertiary/aromatic N) is 4. The summed E-state index contributed by atoms with van der Waals surface area (Å²) in [5, 5.41) is 6.64. The smallest absolute Gasteiger partial charge is 0.289 e. The van der Waals surface area contributed by atoms with Crippen LogP contribution in [0.3, 0.4) is 0 Å². The van der Waals surface area contributed by atoms with E-state index in [1.807, 2.05) is 23.1 Å². The summed E-state index contributed by atoms with van der Waals surface area (Å²) in [4.78, 5) is 29.9. The highest BCUT2D eigenvalue weighted by atomic mass is 19.1. The number of carbonyl (C=O) groups excluding carboxylic acids is 2. The van der Waals surface area contributed by atoms with Crippen LogP contribution in [0.1, 0.15) is 42.3 Å². The normalized spacial score (nSPS) is 22.4. The van der Waals surface area contributed by atoms with Crippen molar-refractivity contribution < 1.29 is 23.1 Å². The van der Waals surface area contributed by atoms with Crippen molar-refractivity contribution in [1.82, 2.24) is 9.80 Å². The molecule has 8 nitrogen and oxygen atoms in total. The van der Waals surface area contributed by atoms with Crippen LogP contribution in [0.2, 0.25) is 0 Å². The molecule has 1 aromatic heterocycles. The number of amides is 1. The van der Waals surface area contributed by atoms with Gasteiger partial charge in [0.15, 0.2) is 11.5 Å². The third-order valence-corrected chi connectivity index (χ3v) is 8.37. The van der Waals surface area contributed by atoms with Gasteiger partial charge in [0.1, 0.15) is 35.6 Å². The Balaban J connectivity index is 1.17. The Hall–Kier alpha value is -3.98. The molecule has 1 amide bonds. The molecule has 3 aliphatic rings. The first-order chi connectivity index (χ1) is 19.5. The van der Waals surface area contributed by atoms with Crippen molar-refractivity contribution in [2.45, 2.75) is 37.6 Å². The fourth-order valence-electron chi connectivity index (χ4n) is 6.38. The van der Waals surface area contributed by atoms with Gasteiger partial charge < -0.3 is 14.1 Å². The molecule has 3 aromatic rings. The molecule has 0 radical (unpaired) electrons. The number of rotatable bonds is 8. The van der Waals surface area contributed by atoms with Crippen LogP contribution in [0.25, 0.3) is 0 Å². The molecular weight excluding hydrogens is 511 g/mol. The zero-order valence-corrected chi connectivity index (χ0v) is 22.6. The number of hydrazone groups is 1. The topological polar surface area (TPSA) is 78.6 Å². The van der Waals surface area contributed by atoms with Crippen LogP contribution in [0.15, 0.2) is 76.4 Å². The molecule has 0 aliphatic carbocycles. The van der Waals surface area contributed by atoms with E-state index in [1.54, 1.807) is 30.1 Å². The Labute approximate surface area is 233 Å². The molecule has 0 saturated carbocycles. The van der Waals surface area contributed by atoms with Gasteiger partial charge in [0.05, 0.1) is 11.7 Å². The second kappa shape index (κ2) is 10.9. The van der Waals surface area contributed by atoms with E-state index in [4.69, 9.17) is 14.3 Å². The molecule has 0 bridgehead atoms. The van der Waals surface area contributed by atoms with Gasteiger partial charge in [-0.05, 0) is 49.2 Å². The summed E-state index contributed by atoms with van der Waals surface area (Å²) in [6.07, 6.45) is 4.04. The number of furan rings is 1. The van der Waals surface area contributed by atoms with Crippen molar-refractivity contribution in [3.63, 3.8) is 0 Å². The number of benzene rings is 2. The molecule has 40 heavy (non-hydrogen) atoms. The highest BCUT2D eigenvalue weighted by molar-refractivity contribution is 6.43. The Bertz CT molecular complexity index is 1400. The maximum atomic E-state index is 14.3. The number of hydrogen-bond donors (Lipinski definition) is 0. The third-order valence-electron chi connectivity index (χ3n) is 8.37. The van der Waals surface area contributed by atoms with Crippen LogP contribution < -0.4 is 9.75 Å². The second-order valence-corrected chi connectivity index (χ2v) is 10.7. The summed E-state index contributed by atoms with van der Waals surface area (Å²) in [6.45, 7) is 5.76. The lowest BCUT2D eigenvalue weighted by molar-refractivity contribution is -0.111. The van der Waals surface area contributed by atoms with Gasteiger partial charge in [-0.1, -0.05) is 36.8 Å². The highest BCUT2D eigenvalue weighted by Crippen LogP contribution is 2.48. The molecule has 9 heteroatoms. The zero-order valence-electron chi connectivity index (χ0n) is 22.6. The molecule has 1 unspecified atom stereocenters. The van der Waals surface area contributed by atoms with Crippen LogP contribution in [-0.2, 0) is 10.2 Å². The second-order valence-electron chi connectivity index (χ2n) is 10.7. The molecule has 6 rings (SSSR count). The van der Waals surface area contributed by atoms with Gasteiger partial charge in [-0.3, -0.25) is 19.5 Å². The fourth-order valence-corrected chi connectivity index (χ4v) is 6.38. The average molecular weight is 545 g/mol. The fraction of sp³-hybridized carbons (Fsp3) is 0.387. The first-order valence-electron chi connectivity index (χ1n) is 13.9. The molecule has 1 fully saturated rings. The van der Waals surface area contributed by atoms with Crippen molar-refractivity contribution in [3.05, 3.63) is 84.1 Å². The number of anilines is 1. The van der Waals surface area contributed by atoms with Gasteiger partial charge in [0, 0.05) is 39.2 Å². The average Bonchev–Trinajstić information content (AvgIpc) is 3.63. The summed E-state index contributed by atoms with van der Waals surface area (Å²) in [6, 6.07) is 17.6. The third kappa shape index (κ3) is 4.68. The van der Waals surface area contributed by atoms with E-state index in [0.717, 1.165) is 38.0 Å². The lowest BCUT2D eigenvalue weighted by atomic mass is 9.67. The van der Waals surface area contributed by atoms with Crippen molar-refractivity contribution in [3.8, 4) is 5.75 Å². The molecule has 1 saturated heterocycles. The van der Waals surface area contributed by atoms with Gasteiger partial charge in [-0.25, -0.2) is 4.39 Å². The van der Waals surface area contributed by atoms with Crippen LogP contribution in [0.4, 0.5) is 10.1 Å². The van der Waals surface area contributed by atoms with Crippen molar-refractivity contribution in [2.75, 3.05) is 44.3 Å². The maximum Gasteiger partial charge on any atom is 0.289 e. The number of ketones is 1. The lowest BCUT2D eigenvalue weighted by Crippen LogP contribution is -2.53. The van der Waals surface area contributed by atoms with Crippen LogP contribution in [0, 0.1) is 5.82 Å². The zero-order chi connectivity index (χ0) is 27.7. The predicted molar refractivity (Wildman–Crippen MR) is 149 cm³/mol. The van der Waals surface area contributed by atoms with Crippen molar-refractivity contribution in [2.24, 2.45) is 5.10 Å². The largest absolute Gasteiger partial charge is 0.489 e. The number of ether oxygens (including phenoxy) is 1. The number of unbranched alkanes of at least 4 members (excludes halogenated alkanes) is 1. The summed E-state index contributed by atoms with van der Waals surface area (Å²) < 4.78 is 25.6. The number of halogens is 1. The Morgan fingerprint density at radius 1 is 1.02 bits per heavy atom. The molecule has 2 atom stereocenters. The number of piperazine rings is 1. The van der Waals surface area contributed by atoms with Gasteiger partial charge in [-0.2, -0.15) is 5.10 Å². The van der Waals surface area contributed by atoms with E-state index >= 15 is 0 Å². The van der Waals surface area contributed by atoms with E-state index in [-0.39, 0.29) is 23.5 Å². The first kappa shape index (κ1) is 26.3. The Kier molecular flexibility index (Phi) is 7.14. The van der Waals surface area contributed by atoms with Crippen LogP contribution in [-0.4, -0.2) is 72.6 Å². The quantitative estimate of drug-likeness (QED) is 0.389. The van der Waals surface area contributed by atoms with Crippen molar-refractivity contribution in [1.29, 1.82) is 0 Å². The summed E-state index contributed by atoms with van der Waals surface area (Å²) in [5.41, 5.74) is 1.39. The van der Waals surface area contributed by atoms with Gasteiger partial charge >= 0.3 is 0 Å². The molecule has 208 valence electrons. The summed E-state index contributed by atoms with van der Waals surface area (Å²) >= 11 is 0. The van der Waals surface area contributed by atoms with E-state index in [1.165, 1.54) is 18.4 Å². The van der Waals surface area contributed by atoms with Crippen LogP contribution >= 0.6 is 0 Å². The predicted octanol–water partition coefficient (Wildman–Crippen LogP) is 4.51. The monoisotopic (exact) mass is 544 g/mol. The minimum atomic E-state index is -0.675. The number of hydrogen-bond acceptors (Lipinski definition) is 7. The molecule has 0 spiro atoms. The molecule has 3 aliphatic heterocycles. The maximum absolute atomic E-state index is 14.3. The molecule has 2 aromatic carbocycles. The van der Waals surface area contributed by atoms with Gasteiger partial charge in [0.2, 0.25) is 0 Å². The summed E-state index contributed by atoms with van der Waals surface area (Å²) in [5.74, 6) is 0.426. The van der Waals surface area contributed by atoms with E-state index in [0.29, 0.717) is 49.0 Å². The standard InChI is InChI=1S/C31H33FN4O4/c1-22(37)29-31(23-8-3-2-4-9-23,28-21-40-26-12-11-24(32)20-25(26)36(28)33-29)13-5-6-14-34-15-17-35(18-16-34)30(38)27-10-7-19-39-27/h2-4,7-12,19-20,28H,5-6,13-18,21H2,1H3/t28?,31-/m0/s1. The SMILES string of the molecule is CC(=O)C1=NN2c3cc(F)ccc3OCC2[C@]1(CCCCN1CCN(C(=O)c2ccco2)CC1)c1ccccc1. The molecule has 4 heterocycles. The van der Waals surface area contributed by atoms with E-state index < -0.39 is 5.41 Å². The summed E-state index contributed by atoms with van der Waals surface area (Å²) in [7, 11) is 0. The Morgan fingerprint density at radius 3 is 2.55 bits per heavy atom. The van der Waals surface area contributed by atoms with Gasteiger partial charge in [-0.15, -0.1) is 0 Å². The van der Waals surface area contributed by atoms with Gasteiger partial charge in [0.25, 0.3) is 5.91 Å². The Morgan fingerprint density at radius 2 is 1.82 bits per heavy atom. The molecular formula is C31H33FN4O4. The number of fused-ring (bicyclic) bond motifs is 3. The first-order valence-corrected chi connectivity index (χ1v) is 13.9. The number of Topliss-reactive ketones (excluding diaryl/α,β-unsaturated/α-hetero) is 1. The van der Waals surface area contributed by atoms with Crippen LogP contribution in [0.5, 0.6) is 5.75 Å². The van der Waals surface area contributed by atoms with Crippen molar-refractivity contribution >= 4 is 23.1 Å². The lowest BCUT2D eigenvalue weighted by Gasteiger charge is -2.41. The van der Waals surface area contributed by atoms with E-state index in [2.05, 4.69) is 17.0 Å².